The van der Waals surface area contributed by atoms with Crippen LogP contribution in [-0.4, -0.2) is 62.3 Å². The van der Waals surface area contributed by atoms with Gasteiger partial charge >= 0.3 is 0 Å². The molecule has 1 atom stereocenters. The van der Waals surface area contributed by atoms with Crippen LogP contribution in [0.1, 0.15) is 27.2 Å². The first-order chi connectivity index (χ1) is 8.28. The molecule has 0 amide bonds. The molecule has 0 aromatic heterocycles. The van der Waals surface area contributed by atoms with E-state index in [2.05, 4.69) is 31.0 Å². The van der Waals surface area contributed by atoms with Gasteiger partial charge in [-0.15, -0.1) is 0 Å². The highest BCUT2D eigenvalue weighted by atomic mass is 32.2. The Morgan fingerprint density at radius 2 is 1.94 bits per heavy atom. The number of ether oxygens (including phenoxy) is 1. The number of hydrogen-bond donors (Lipinski definition) is 1. The summed E-state index contributed by atoms with van der Waals surface area (Å²) >= 11 is 2.03. The molecule has 0 saturated carbocycles. The van der Waals surface area contributed by atoms with Gasteiger partial charge in [0.1, 0.15) is 0 Å². The van der Waals surface area contributed by atoms with E-state index in [9.17, 15) is 0 Å². The Morgan fingerprint density at radius 1 is 1.24 bits per heavy atom. The normalized spacial score (nSPS) is 13.2. The van der Waals surface area contributed by atoms with E-state index >= 15 is 0 Å². The highest BCUT2D eigenvalue weighted by molar-refractivity contribution is 7.99. The first-order valence-electron chi connectivity index (χ1n) is 6.80. The van der Waals surface area contributed by atoms with Crippen LogP contribution in [0, 0.1) is 0 Å². The van der Waals surface area contributed by atoms with Crippen molar-refractivity contribution in [2.75, 3.05) is 51.4 Å². The predicted octanol–water partition coefficient (Wildman–Crippen LogP) is 2.08. The monoisotopic (exact) mass is 262 g/mol. The van der Waals surface area contributed by atoms with Gasteiger partial charge in [0.2, 0.25) is 0 Å². The van der Waals surface area contributed by atoms with Crippen molar-refractivity contribution in [1.29, 1.82) is 0 Å². The van der Waals surface area contributed by atoms with Crippen LogP contribution in [0.5, 0.6) is 0 Å². The minimum atomic E-state index is 0.502. The smallest absolute Gasteiger partial charge is 0.0623 e. The van der Waals surface area contributed by atoms with Crippen molar-refractivity contribution < 1.29 is 4.74 Å². The summed E-state index contributed by atoms with van der Waals surface area (Å²) in [5, 5.41) is 3.53. The van der Waals surface area contributed by atoms with Crippen LogP contribution in [0.3, 0.4) is 0 Å². The van der Waals surface area contributed by atoms with E-state index < -0.39 is 0 Å². The standard InChI is InChI=1S/C13H30N2OS/c1-5-8-14-13(11-16-4)12-17-10-9-15(6-2)7-3/h13-14H,5-12H2,1-4H3. The Morgan fingerprint density at radius 3 is 2.47 bits per heavy atom. The molecule has 0 bridgehead atoms. The molecule has 104 valence electrons. The lowest BCUT2D eigenvalue weighted by Crippen LogP contribution is -2.36. The Bertz CT molecular complexity index is 154. The lowest BCUT2D eigenvalue weighted by molar-refractivity contribution is 0.174. The summed E-state index contributed by atoms with van der Waals surface area (Å²) in [5.74, 6) is 2.37. The fraction of sp³-hybridized carbons (Fsp3) is 1.00. The van der Waals surface area contributed by atoms with Crippen molar-refractivity contribution in [2.24, 2.45) is 0 Å². The van der Waals surface area contributed by atoms with Crippen LogP contribution in [0.15, 0.2) is 0 Å². The lowest BCUT2D eigenvalue weighted by atomic mass is 10.3. The van der Waals surface area contributed by atoms with Gasteiger partial charge < -0.3 is 15.0 Å². The van der Waals surface area contributed by atoms with Crippen molar-refractivity contribution in [3.63, 3.8) is 0 Å². The lowest BCUT2D eigenvalue weighted by Gasteiger charge is -2.20. The summed E-state index contributed by atoms with van der Waals surface area (Å²) in [5.41, 5.74) is 0. The second-order valence-corrected chi connectivity index (χ2v) is 5.36. The average Bonchev–Trinajstić information content (AvgIpc) is 2.36. The summed E-state index contributed by atoms with van der Waals surface area (Å²) in [6, 6.07) is 0.502. The summed E-state index contributed by atoms with van der Waals surface area (Å²) in [6.45, 7) is 12.1. The Hall–Kier alpha value is 0.230. The van der Waals surface area contributed by atoms with Crippen molar-refractivity contribution in [3.8, 4) is 0 Å². The number of nitrogens with one attached hydrogen (secondary N) is 1. The van der Waals surface area contributed by atoms with Gasteiger partial charge in [-0.05, 0) is 26.1 Å². The largest absolute Gasteiger partial charge is 0.383 e. The third-order valence-electron chi connectivity index (χ3n) is 2.82. The van der Waals surface area contributed by atoms with Gasteiger partial charge in [-0.1, -0.05) is 20.8 Å². The van der Waals surface area contributed by atoms with E-state index in [-0.39, 0.29) is 0 Å². The van der Waals surface area contributed by atoms with E-state index in [0.29, 0.717) is 6.04 Å². The summed E-state index contributed by atoms with van der Waals surface area (Å²) in [6.07, 6.45) is 1.18. The van der Waals surface area contributed by atoms with Gasteiger partial charge in [0.25, 0.3) is 0 Å². The zero-order valence-corrected chi connectivity index (χ0v) is 12.8. The van der Waals surface area contributed by atoms with E-state index in [0.717, 1.165) is 32.0 Å². The van der Waals surface area contributed by atoms with Gasteiger partial charge in [0.05, 0.1) is 6.61 Å². The molecule has 0 aliphatic carbocycles. The van der Waals surface area contributed by atoms with E-state index in [4.69, 9.17) is 4.74 Å². The molecule has 1 unspecified atom stereocenters. The Balaban J connectivity index is 3.58. The van der Waals surface area contributed by atoms with Crippen molar-refractivity contribution in [3.05, 3.63) is 0 Å². The SMILES string of the molecule is CCCNC(COC)CSCCN(CC)CC. The number of hydrogen-bond acceptors (Lipinski definition) is 4. The maximum atomic E-state index is 5.24. The molecule has 1 N–H and O–H groups in total. The second-order valence-electron chi connectivity index (χ2n) is 4.21. The van der Waals surface area contributed by atoms with Crippen LogP contribution in [-0.2, 0) is 4.74 Å². The molecule has 0 rings (SSSR count). The summed E-state index contributed by atoms with van der Waals surface area (Å²) in [4.78, 5) is 2.47. The van der Waals surface area contributed by atoms with E-state index in [1.54, 1.807) is 7.11 Å². The zero-order valence-electron chi connectivity index (χ0n) is 12.0. The quantitative estimate of drug-likeness (QED) is 0.544. The van der Waals surface area contributed by atoms with Gasteiger partial charge in [-0.3, -0.25) is 0 Å². The minimum Gasteiger partial charge on any atom is -0.383 e. The topological polar surface area (TPSA) is 24.5 Å². The number of methoxy groups -OCH3 is 1. The summed E-state index contributed by atoms with van der Waals surface area (Å²) < 4.78 is 5.24. The Labute approximate surface area is 112 Å². The van der Waals surface area contributed by atoms with Crippen molar-refractivity contribution in [1.82, 2.24) is 10.2 Å². The molecule has 0 aromatic rings. The first-order valence-corrected chi connectivity index (χ1v) is 7.96. The predicted molar refractivity (Wildman–Crippen MR) is 79.1 cm³/mol. The fourth-order valence-corrected chi connectivity index (χ4v) is 2.73. The first kappa shape index (κ1) is 17.2. The number of rotatable bonds is 12. The molecule has 0 aliphatic heterocycles. The third kappa shape index (κ3) is 9.89. The molecule has 3 nitrogen and oxygen atoms in total. The molecule has 0 aromatic carbocycles. The highest BCUT2D eigenvalue weighted by Crippen LogP contribution is 2.04. The fourth-order valence-electron chi connectivity index (χ4n) is 1.67. The molecule has 0 saturated heterocycles. The van der Waals surface area contributed by atoms with Gasteiger partial charge in [0.15, 0.2) is 0 Å². The minimum absolute atomic E-state index is 0.502. The summed E-state index contributed by atoms with van der Waals surface area (Å²) in [7, 11) is 1.78. The van der Waals surface area contributed by atoms with Crippen LogP contribution < -0.4 is 5.32 Å². The van der Waals surface area contributed by atoms with Crippen LogP contribution in [0.2, 0.25) is 0 Å². The molecule has 0 spiro atoms. The second kappa shape index (κ2) is 12.7. The molecule has 0 aliphatic rings. The molecule has 4 heteroatoms. The molecule has 0 radical (unpaired) electrons. The van der Waals surface area contributed by atoms with E-state index in [1.807, 2.05) is 11.8 Å². The number of nitrogens with zero attached hydrogens (tertiary/aromatic N) is 1. The third-order valence-corrected chi connectivity index (χ3v) is 3.93. The molecule has 0 fully saturated rings. The van der Waals surface area contributed by atoms with Crippen molar-refractivity contribution in [2.45, 2.75) is 33.2 Å². The molecule has 17 heavy (non-hydrogen) atoms. The highest BCUT2D eigenvalue weighted by Gasteiger charge is 2.07. The van der Waals surface area contributed by atoms with Crippen LogP contribution in [0.25, 0.3) is 0 Å². The molecule has 0 heterocycles. The number of thioether (sulfide) groups is 1. The zero-order chi connectivity index (χ0) is 12.9. The van der Waals surface area contributed by atoms with Crippen LogP contribution in [0.4, 0.5) is 0 Å². The average molecular weight is 262 g/mol. The van der Waals surface area contributed by atoms with Gasteiger partial charge in [-0.2, -0.15) is 11.8 Å². The van der Waals surface area contributed by atoms with Crippen molar-refractivity contribution >= 4 is 11.8 Å². The van der Waals surface area contributed by atoms with Crippen LogP contribution >= 0.6 is 11.8 Å². The van der Waals surface area contributed by atoms with Gasteiger partial charge in [0, 0.05) is 31.2 Å². The Kier molecular flexibility index (Phi) is 12.9. The maximum absolute atomic E-state index is 5.24. The van der Waals surface area contributed by atoms with Gasteiger partial charge in [-0.25, -0.2) is 0 Å². The molecular formula is C13H30N2OS. The maximum Gasteiger partial charge on any atom is 0.0623 e. The van der Waals surface area contributed by atoms with E-state index in [1.165, 1.54) is 18.7 Å². The molecular weight excluding hydrogens is 232 g/mol.